The maximum atomic E-state index is 12.8. The fraction of sp³-hybridized carbons (Fsp3) is 0.333. The van der Waals surface area contributed by atoms with Crippen LogP contribution in [0, 0.1) is 11.2 Å². The van der Waals surface area contributed by atoms with Crippen LogP contribution in [-0.2, 0) is 0 Å². The Morgan fingerprint density at radius 1 is 1.38 bits per heavy atom. The van der Waals surface area contributed by atoms with Crippen LogP contribution < -0.4 is 4.74 Å². The van der Waals surface area contributed by atoms with Crippen molar-refractivity contribution < 1.29 is 9.13 Å². The highest BCUT2D eigenvalue weighted by atomic mass is 35.5. The van der Waals surface area contributed by atoms with Gasteiger partial charge >= 0.3 is 0 Å². The lowest BCUT2D eigenvalue weighted by Crippen LogP contribution is -2.14. The Kier molecular flexibility index (Phi) is 4.22. The van der Waals surface area contributed by atoms with Crippen molar-refractivity contribution in [3.8, 4) is 5.75 Å². The molecule has 0 bridgehead atoms. The van der Waals surface area contributed by atoms with Gasteiger partial charge in [-0.15, -0.1) is 0 Å². The van der Waals surface area contributed by atoms with Crippen LogP contribution in [0.4, 0.5) is 4.39 Å². The highest BCUT2D eigenvalue weighted by molar-refractivity contribution is 6.32. The van der Waals surface area contributed by atoms with Crippen molar-refractivity contribution in [2.75, 3.05) is 0 Å². The molecular weight excluding hydrogens is 250 g/mol. The lowest BCUT2D eigenvalue weighted by atomic mass is 9.95. The Balaban J connectivity index is 2.96. The minimum Gasteiger partial charge on any atom is -0.459 e. The van der Waals surface area contributed by atoms with E-state index in [4.69, 9.17) is 27.9 Å². The average molecular weight is 263 g/mol. The Hall–Kier alpha value is -0.730. The molecule has 0 heterocycles. The molecular formula is C12H13Cl2FO. The summed E-state index contributed by atoms with van der Waals surface area (Å²) in [6.45, 7) is 5.87. The zero-order valence-corrected chi connectivity index (χ0v) is 10.9. The molecule has 1 aromatic rings. The highest BCUT2D eigenvalue weighted by Gasteiger charge is 2.20. The van der Waals surface area contributed by atoms with Gasteiger partial charge in [-0.25, -0.2) is 4.39 Å². The zero-order chi connectivity index (χ0) is 12.3. The third-order valence-electron chi connectivity index (χ3n) is 1.95. The lowest BCUT2D eigenvalue weighted by molar-refractivity contribution is 0.295. The Labute approximate surface area is 105 Å². The summed E-state index contributed by atoms with van der Waals surface area (Å²) in [6.07, 6.45) is 0. The summed E-state index contributed by atoms with van der Waals surface area (Å²) >= 11 is 11.5. The molecule has 1 nitrogen and oxygen atoms in total. The molecule has 0 saturated heterocycles. The van der Waals surface area contributed by atoms with E-state index in [1.54, 1.807) is 0 Å². The monoisotopic (exact) mass is 262 g/mol. The number of ether oxygens (including phenoxy) is 1. The molecule has 1 aromatic carbocycles. The quantitative estimate of drug-likeness (QED) is 0.683. The predicted molar refractivity (Wildman–Crippen MR) is 65.4 cm³/mol. The first-order chi connectivity index (χ1) is 7.34. The second kappa shape index (κ2) is 5.07. The van der Waals surface area contributed by atoms with Gasteiger partial charge in [-0.05, 0) is 18.2 Å². The zero-order valence-electron chi connectivity index (χ0n) is 9.35. The van der Waals surface area contributed by atoms with Gasteiger partial charge in [0, 0.05) is 11.0 Å². The standard InChI is InChI=1S/C12H13Cl2FO/c1-12(2,3)11(7-13)16-10-5-4-8(15)6-9(10)14/h4-7H,1-3H3. The summed E-state index contributed by atoms with van der Waals surface area (Å²) in [5.41, 5.74) is 1.12. The van der Waals surface area contributed by atoms with Crippen molar-refractivity contribution in [2.24, 2.45) is 5.41 Å². The SMILES string of the molecule is CC(C)(C)C(=CCl)Oc1ccc(F)cc1Cl. The van der Waals surface area contributed by atoms with Gasteiger partial charge in [-0.1, -0.05) is 44.0 Å². The molecule has 0 unspecified atom stereocenters. The van der Waals surface area contributed by atoms with E-state index < -0.39 is 5.82 Å². The van der Waals surface area contributed by atoms with Gasteiger partial charge in [0.1, 0.15) is 17.3 Å². The molecule has 1 rings (SSSR count). The minimum atomic E-state index is -0.399. The van der Waals surface area contributed by atoms with E-state index in [0.717, 1.165) is 0 Å². The van der Waals surface area contributed by atoms with E-state index >= 15 is 0 Å². The molecule has 0 aliphatic heterocycles. The summed E-state index contributed by atoms with van der Waals surface area (Å²) in [5.74, 6) is 0.567. The first-order valence-electron chi connectivity index (χ1n) is 4.78. The molecule has 0 aromatic heterocycles. The van der Waals surface area contributed by atoms with Gasteiger partial charge in [0.25, 0.3) is 0 Å². The van der Waals surface area contributed by atoms with Crippen LogP contribution in [0.3, 0.4) is 0 Å². The van der Waals surface area contributed by atoms with E-state index in [1.165, 1.54) is 23.7 Å². The number of halogens is 3. The summed E-state index contributed by atoms with van der Waals surface area (Å²) in [6, 6.07) is 3.96. The topological polar surface area (TPSA) is 9.23 Å². The maximum absolute atomic E-state index is 12.8. The Morgan fingerprint density at radius 2 is 2.00 bits per heavy atom. The normalized spacial score (nSPS) is 12.8. The summed E-state index contributed by atoms with van der Waals surface area (Å²) in [5, 5.41) is 0.222. The fourth-order valence-electron chi connectivity index (χ4n) is 1.02. The van der Waals surface area contributed by atoms with E-state index in [0.29, 0.717) is 11.5 Å². The lowest BCUT2D eigenvalue weighted by Gasteiger charge is -2.22. The number of allylic oxidation sites excluding steroid dienone is 1. The maximum Gasteiger partial charge on any atom is 0.145 e. The molecule has 0 spiro atoms. The molecule has 0 saturated carbocycles. The number of hydrogen-bond donors (Lipinski definition) is 0. The molecule has 0 fully saturated rings. The van der Waals surface area contributed by atoms with Crippen LogP contribution in [0.25, 0.3) is 0 Å². The predicted octanol–water partition coefficient (Wildman–Crippen LogP) is 4.98. The Bertz CT molecular complexity index is 408. The summed E-state index contributed by atoms with van der Waals surface area (Å²) in [7, 11) is 0. The first kappa shape index (κ1) is 13.3. The van der Waals surface area contributed by atoms with Gasteiger partial charge in [0.2, 0.25) is 0 Å². The van der Waals surface area contributed by atoms with Crippen LogP contribution in [-0.4, -0.2) is 0 Å². The third-order valence-corrected chi connectivity index (χ3v) is 2.45. The average Bonchev–Trinajstić information content (AvgIpc) is 2.14. The summed E-state index contributed by atoms with van der Waals surface area (Å²) < 4.78 is 18.4. The van der Waals surface area contributed by atoms with Gasteiger partial charge in [0.05, 0.1) is 5.02 Å². The Morgan fingerprint density at radius 3 is 2.44 bits per heavy atom. The minimum absolute atomic E-state index is 0.222. The third kappa shape index (κ3) is 3.39. The van der Waals surface area contributed by atoms with Crippen LogP contribution in [0.2, 0.25) is 5.02 Å². The van der Waals surface area contributed by atoms with Crippen molar-refractivity contribution in [3.63, 3.8) is 0 Å². The van der Waals surface area contributed by atoms with Crippen molar-refractivity contribution in [3.05, 3.63) is 40.3 Å². The van der Waals surface area contributed by atoms with E-state index in [9.17, 15) is 4.39 Å². The van der Waals surface area contributed by atoms with E-state index in [-0.39, 0.29) is 10.4 Å². The number of benzene rings is 1. The van der Waals surface area contributed by atoms with Crippen molar-refractivity contribution in [1.29, 1.82) is 0 Å². The highest BCUT2D eigenvalue weighted by Crippen LogP contribution is 2.32. The van der Waals surface area contributed by atoms with Crippen LogP contribution >= 0.6 is 23.2 Å². The van der Waals surface area contributed by atoms with Gasteiger partial charge in [0.15, 0.2) is 0 Å². The van der Waals surface area contributed by atoms with Crippen LogP contribution in [0.1, 0.15) is 20.8 Å². The molecule has 0 aliphatic carbocycles. The first-order valence-corrected chi connectivity index (χ1v) is 5.60. The van der Waals surface area contributed by atoms with Crippen LogP contribution in [0.15, 0.2) is 29.5 Å². The summed E-state index contributed by atoms with van der Waals surface area (Å²) in [4.78, 5) is 0. The van der Waals surface area contributed by atoms with Crippen LogP contribution in [0.5, 0.6) is 5.75 Å². The second-order valence-corrected chi connectivity index (χ2v) is 5.03. The van der Waals surface area contributed by atoms with Gasteiger partial charge < -0.3 is 4.74 Å². The fourth-order valence-corrected chi connectivity index (χ4v) is 1.59. The number of hydrogen-bond acceptors (Lipinski definition) is 1. The molecule has 0 amide bonds. The largest absolute Gasteiger partial charge is 0.459 e. The van der Waals surface area contributed by atoms with Crippen molar-refractivity contribution >= 4 is 23.2 Å². The number of rotatable bonds is 2. The van der Waals surface area contributed by atoms with Gasteiger partial charge in [-0.2, -0.15) is 0 Å². The molecule has 4 heteroatoms. The van der Waals surface area contributed by atoms with Crippen molar-refractivity contribution in [2.45, 2.75) is 20.8 Å². The molecule has 88 valence electrons. The second-order valence-electron chi connectivity index (χ2n) is 4.40. The van der Waals surface area contributed by atoms with Gasteiger partial charge in [-0.3, -0.25) is 0 Å². The molecule has 0 radical (unpaired) electrons. The molecule has 16 heavy (non-hydrogen) atoms. The van der Waals surface area contributed by atoms with E-state index in [2.05, 4.69) is 0 Å². The molecule has 0 atom stereocenters. The van der Waals surface area contributed by atoms with E-state index in [1.807, 2.05) is 20.8 Å². The smallest absolute Gasteiger partial charge is 0.145 e. The molecule has 0 aliphatic rings. The molecule has 0 N–H and O–H groups in total. The van der Waals surface area contributed by atoms with Crippen molar-refractivity contribution in [1.82, 2.24) is 0 Å².